The highest BCUT2D eigenvalue weighted by atomic mass is 36.0. The molecule has 13 aromatic rings. The number of rotatable bonds is 29. The fraction of sp³-hybridized carbons (Fsp3) is 0.472. The maximum Gasteiger partial charge on any atom is 0.350 e. The number of carbonyl (C=O) groups excluding carboxylic acids is 2. The van der Waals surface area contributed by atoms with E-state index >= 15 is 0 Å². The summed E-state index contributed by atoms with van der Waals surface area (Å²) < 4.78 is 50.0. The molecule has 36 nitrogen and oxygen atoms in total. The molecule has 0 aliphatic carbocycles. The minimum atomic E-state index is -3.54. The summed E-state index contributed by atoms with van der Waals surface area (Å²) in [6.07, 6.45) is 20.5. The Morgan fingerprint density at radius 1 is 0.493 bits per heavy atom. The van der Waals surface area contributed by atoms with Crippen molar-refractivity contribution in [2.75, 3.05) is 153 Å². The zero-order valence-corrected chi connectivity index (χ0v) is 92.9. The summed E-state index contributed by atoms with van der Waals surface area (Å²) >= 11 is 20.1. The van der Waals surface area contributed by atoms with E-state index in [4.69, 9.17) is 41.8 Å². The third-order valence-corrected chi connectivity index (χ3v) is 26.8. The van der Waals surface area contributed by atoms with Crippen LogP contribution in [0.5, 0.6) is 23.0 Å². The van der Waals surface area contributed by atoms with Gasteiger partial charge in [0.25, 0.3) is 0 Å². The van der Waals surface area contributed by atoms with E-state index in [0.717, 1.165) is 187 Å². The highest BCUT2D eigenvalue weighted by molar-refractivity contribution is 8.24. The zero-order chi connectivity index (χ0) is 107. The Hall–Kier alpha value is -11.6. The number of nitrogens with zero attached hydrogens (tertiary/aromatic N) is 22. The number of aromatic nitrogens is 16. The molecule has 0 amide bonds. The molecule has 0 saturated carbocycles. The number of anilines is 5. The number of nitrogens with one attached hydrogen (secondary N) is 4. The van der Waals surface area contributed by atoms with Crippen molar-refractivity contribution in [3.63, 3.8) is 0 Å². The number of H-pyrrole nitrogens is 2. The summed E-state index contributed by atoms with van der Waals surface area (Å²) in [7, 11) is 13.6. The van der Waals surface area contributed by atoms with Crippen molar-refractivity contribution in [2.24, 2.45) is 5.73 Å². The number of halogens is 4. The number of carbonyl (C=O) groups is 2. The lowest BCUT2D eigenvalue weighted by atomic mass is 10.0. The first-order valence-corrected chi connectivity index (χ1v) is 56.5. The van der Waals surface area contributed by atoms with Crippen molar-refractivity contribution in [1.82, 2.24) is 103 Å². The van der Waals surface area contributed by atoms with Gasteiger partial charge in [-0.05, 0) is 299 Å². The number of benzene rings is 5. The van der Waals surface area contributed by atoms with Gasteiger partial charge in [-0.2, -0.15) is 68.4 Å². The van der Waals surface area contributed by atoms with Crippen molar-refractivity contribution in [2.45, 2.75) is 207 Å². The molecular weight excluding hydrogens is 2000 g/mol. The first-order valence-electron chi connectivity index (χ1n) is 49.8. The summed E-state index contributed by atoms with van der Waals surface area (Å²) in [5, 5.41) is 20.6. The van der Waals surface area contributed by atoms with E-state index in [1.807, 2.05) is 134 Å². The topological polar surface area (TPSA) is 392 Å². The Bertz CT molecular complexity index is 6840. The Morgan fingerprint density at radius 3 is 1.24 bits per heavy atom. The zero-order valence-electron chi connectivity index (χ0n) is 88.1. The molecule has 4 aliphatic rings. The van der Waals surface area contributed by atoms with Crippen LogP contribution in [0.4, 0.5) is 29.5 Å². The van der Waals surface area contributed by atoms with Crippen LogP contribution in [0.2, 0.25) is 5.28 Å². The van der Waals surface area contributed by atoms with E-state index < -0.39 is 20.7 Å². The van der Waals surface area contributed by atoms with Crippen molar-refractivity contribution in [1.29, 1.82) is 0 Å². The highest BCUT2D eigenvalue weighted by Gasteiger charge is 2.30. The molecule has 5 aromatic carbocycles. The van der Waals surface area contributed by atoms with Crippen molar-refractivity contribution < 1.29 is 76.3 Å². The van der Waals surface area contributed by atoms with Crippen LogP contribution < -0.4 is 56.8 Å². The second-order valence-electron chi connectivity index (χ2n) is 38.5. The maximum atomic E-state index is 12.2. The molecule has 17 rings (SSSR count). The number of aromatic amines is 2. The third kappa shape index (κ3) is 35.6. The number of para-hydroxylation sites is 1. The van der Waals surface area contributed by atoms with Gasteiger partial charge in [0.15, 0.2) is 34.2 Å². The lowest BCUT2D eigenvalue weighted by Crippen LogP contribution is -2.43. The second-order valence-corrected chi connectivity index (χ2v) is 47.4. The van der Waals surface area contributed by atoms with Crippen LogP contribution in [0, 0.1) is 0 Å². The van der Waals surface area contributed by atoms with Crippen LogP contribution in [0.25, 0.3) is 22.6 Å². The van der Waals surface area contributed by atoms with Crippen LogP contribution in [-0.4, -0.2) is 270 Å². The van der Waals surface area contributed by atoms with Gasteiger partial charge in [-0.3, -0.25) is 24.1 Å². The van der Waals surface area contributed by atoms with Crippen LogP contribution >= 0.6 is 50.5 Å². The minimum Gasteiger partial charge on any atom is -0.457 e. The molecule has 6 N–H and O–H groups in total. The minimum absolute atomic E-state index is 0. The second kappa shape index (κ2) is 57.4. The van der Waals surface area contributed by atoms with Gasteiger partial charge in [0, 0.05) is 181 Å². The first-order chi connectivity index (χ1) is 69.9. The van der Waals surface area contributed by atoms with Gasteiger partial charge in [-0.15, -0.1) is 0 Å². The number of ketones is 2. The first kappa shape index (κ1) is 120. The molecule has 0 spiro atoms. The number of piperidine rings is 4. The Balaban J connectivity index is -0.0000000755. The van der Waals surface area contributed by atoms with Crippen molar-refractivity contribution in [3.8, 4) is 23.0 Å². The number of ether oxygens (including phenoxy) is 2. The molecule has 0 unspecified atom stereocenters. The smallest absolute Gasteiger partial charge is 0.350 e. The summed E-state index contributed by atoms with van der Waals surface area (Å²) in [5.74, 6) is 6.65. The number of nitrogens with two attached hydrogens (primary N) is 1. The van der Waals surface area contributed by atoms with Crippen LogP contribution in [0.15, 0.2) is 192 Å². The largest absolute Gasteiger partial charge is 0.457 e. The van der Waals surface area contributed by atoms with Crippen LogP contribution in [0.3, 0.4) is 0 Å². The molecule has 148 heavy (non-hydrogen) atoms. The number of fused-ring (bicyclic) bond motifs is 4. The lowest BCUT2D eigenvalue weighted by Gasteiger charge is -2.35. The van der Waals surface area contributed by atoms with E-state index in [0.29, 0.717) is 96.1 Å². The molecule has 864 valence electrons. The number of hydrogen-bond acceptors (Lipinski definition) is 30. The standard InChI is InChI=1S/C32H39N7O2.C17H17NO2.C15H23ClN6.C15H24N6O.C10H15N.C9H12N4O3S.C7H16N2.CH4.Cl3OP.31H2/c1-6-26(40)17-23-9-7-11-27(18-23)41-28-12-8-10-24(19-28)20-33-31-36-32(38-15-13-25(14-16-38)37(4)5)35-30-29(22(2)3)21-34-39(30)31;1-2-15(19)9-13-5-3-7-16(10-13)20-17-8-4-6-14(11-17)12-18;1-10(2)12-9-17-22-13(12)18-15(19-14(22)16)21-7-5-11(6-8-21)20(3)4;1-10(2)12-9-16-21-13(12)17-14(18-15(21)22)20-7-5-11(6-8-20)19(3)4;1-3-11(4-2)10-8-6-5-7-9-10;1-5(2)6-4-10-13-7(6)11-8(12-9(13)14)17(3,15)16;1-9(2)7-3-5-8-6-4-7;;1-5(2,3)4;;;;;;;;;;;;;;;;;;;;;;;;;;;;;;;/h6-12,18-19,21-22,25H,1,13-17,20H2,2-5H3,(H,33,35,36);2-8,10-11H,1,9,12,18H2;9-11H,5-8H2,1-4H3;9-11H,5-8H2,1-4H3,(H,17,18,22);5-9H,3-4H2,1-2H3;4-5H,1-3H3,(H,11,12,14);7-8H,3-6H2,1-2H3;1H4;;31*1H. The molecule has 8 aromatic heterocycles. The average Bonchev–Trinajstić information content (AvgIpc) is 1.60. The maximum absolute atomic E-state index is 12.2. The van der Waals surface area contributed by atoms with Crippen LogP contribution in [-0.2, 0) is 49.9 Å². The van der Waals surface area contributed by atoms with Gasteiger partial charge in [0.1, 0.15) is 23.0 Å². The number of allylic oxidation sites excluding steroid dienone is 2. The van der Waals surface area contributed by atoms with Crippen molar-refractivity contribution in [3.05, 3.63) is 248 Å². The molecule has 4 fully saturated rings. The molecule has 42 heteroatoms. The summed E-state index contributed by atoms with van der Waals surface area (Å²) in [4.78, 5) is 97.9. The van der Waals surface area contributed by atoms with Gasteiger partial charge in [0.05, 0.1) is 24.8 Å². The van der Waals surface area contributed by atoms with E-state index in [-0.39, 0.29) is 85.6 Å². The summed E-state index contributed by atoms with van der Waals surface area (Å²) in [5.41, 5.74) is 16.5. The van der Waals surface area contributed by atoms with Gasteiger partial charge in [0.2, 0.25) is 44.1 Å². The molecule has 4 aliphatic heterocycles. The predicted molar refractivity (Wildman–Crippen MR) is 666 cm³/mol. The average molecular weight is 2210 g/mol. The van der Waals surface area contributed by atoms with Gasteiger partial charge in [-0.1, -0.05) is 143 Å². The monoisotopic (exact) mass is 2210 g/mol. The van der Waals surface area contributed by atoms with E-state index in [1.54, 1.807) is 10.7 Å². The van der Waals surface area contributed by atoms with Crippen molar-refractivity contribution >= 4 is 124 Å². The molecule has 12 heterocycles. The van der Waals surface area contributed by atoms with Gasteiger partial charge >= 0.3 is 16.6 Å². The lowest BCUT2D eigenvalue weighted by molar-refractivity contribution is -0.114. The highest BCUT2D eigenvalue weighted by Crippen LogP contribution is 2.61. The number of sulfone groups is 1. The summed E-state index contributed by atoms with van der Waals surface area (Å²) in [6.45, 7) is 39.1. The normalized spacial score (nSPS) is 14.3. The Morgan fingerprint density at radius 2 is 0.845 bits per heavy atom. The van der Waals surface area contributed by atoms with Crippen LogP contribution in [0.1, 0.15) is 240 Å². The quantitative estimate of drug-likeness (QED) is 0.0215. The molecule has 4 saturated heterocycles. The fourth-order valence-corrected chi connectivity index (χ4v) is 17.8. The predicted octanol–water partition coefficient (Wildman–Crippen LogP) is 26.1. The van der Waals surface area contributed by atoms with E-state index in [1.165, 1.54) is 54.5 Å². The number of hydrogen-bond donors (Lipinski definition) is 5. The van der Waals surface area contributed by atoms with Gasteiger partial charge in [-0.25, -0.2) is 18.0 Å². The molecular formula is C106H212Cl4N27O9PS. The molecule has 0 atom stereocenters. The molecule has 0 radical (unpaired) electrons. The SMILES string of the molecule is C.C=CC(=O)Cc1cccc(Oc2cccc(CN)c2)c1.C=CC(=O)Cc1cccc(Oc2cccc(CNc3nc(N4CCC(N(C)C)CC4)nc4c(C(C)C)cnn34)c2)c1.CC(C)c1cnn2c(=O)[nH]c(N3CCC(N(C)C)CC3)nc12.CC(C)c1cnn2c(=O)[nH]c(S(C)(=O)=O)nc12.CC(C)c1cnn2c(Cl)nc(N3CCC(N(C)C)CC3)nc12.CCN(CC)c1ccccc1.CN(C)C1CCNCC1.O=P(Cl)(Cl)Cl.[HH].[HH].[HH].[HH].[HH].[HH].[HH].[HH].[HH].[HH].[HH].[HH].[HH].[HH].[HH].[HH].[HH].[HH].[HH].[HH].[HH].[HH].[HH].[HH].[HH].[HH].[HH].[HH].[HH].[HH].[HH]. The Labute approximate surface area is 936 Å². The van der Waals surface area contributed by atoms with Gasteiger partial charge < -0.3 is 65.0 Å². The van der Waals surface area contributed by atoms with E-state index in [9.17, 15) is 32.2 Å². The summed E-state index contributed by atoms with van der Waals surface area (Å²) in [6, 6.07) is 43.8. The van der Waals surface area contributed by atoms with E-state index in [2.05, 4.69) is 278 Å². The molecule has 0 bridgehead atoms. The Kier molecular flexibility index (Phi) is 46.5. The fourth-order valence-electron chi connectivity index (χ4n) is 17.1. The third-order valence-electron chi connectivity index (χ3n) is 25.7.